The van der Waals surface area contributed by atoms with E-state index >= 15 is 0 Å². The predicted molar refractivity (Wildman–Crippen MR) is 73.9 cm³/mol. The van der Waals surface area contributed by atoms with Crippen LogP contribution in [0.2, 0.25) is 5.02 Å². The molecule has 2 amide bonds. The van der Waals surface area contributed by atoms with Crippen molar-refractivity contribution < 1.29 is 4.79 Å². The van der Waals surface area contributed by atoms with Gasteiger partial charge in [0.1, 0.15) is 0 Å². The fraction of sp³-hybridized carbons (Fsp3) is 0.500. The molecule has 0 radical (unpaired) electrons. The van der Waals surface area contributed by atoms with Crippen LogP contribution in [0.15, 0.2) is 24.3 Å². The van der Waals surface area contributed by atoms with Crippen LogP contribution in [0.3, 0.4) is 0 Å². The first-order valence-corrected chi connectivity index (χ1v) is 6.90. The van der Waals surface area contributed by atoms with Crippen molar-refractivity contribution in [2.75, 3.05) is 6.54 Å². The van der Waals surface area contributed by atoms with Crippen LogP contribution in [-0.2, 0) is 6.42 Å². The van der Waals surface area contributed by atoms with Crippen molar-refractivity contribution in [1.29, 1.82) is 0 Å². The third-order valence-corrected chi connectivity index (χ3v) is 3.21. The lowest BCUT2D eigenvalue weighted by Gasteiger charge is -2.06. The van der Waals surface area contributed by atoms with Crippen LogP contribution < -0.4 is 10.6 Å². The zero-order chi connectivity index (χ0) is 12.8. The topological polar surface area (TPSA) is 41.1 Å². The number of carbonyl (C=O) groups is 1. The number of hydrogen-bond acceptors (Lipinski definition) is 1. The number of halogens is 1. The zero-order valence-corrected chi connectivity index (χ0v) is 11.2. The summed E-state index contributed by atoms with van der Waals surface area (Å²) in [6, 6.07) is 8.33. The molecule has 1 fully saturated rings. The van der Waals surface area contributed by atoms with Crippen LogP contribution in [0.5, 0.6) is 0 Å². The van der Waals surface area contributed by atoms with Gasteiger partial charge in [-0.3, -0.25) is 0 Å². The molecule has 0 aromatic heterocycles. The number of hydrogen-bond donors (Lipinski definition) is 2. The molecule has 2 rings (SSSR count). The Balaban J connectivity index is 1.54. The minimum atomic E-state index is -0.0275. The lowest BCUT2D eigenvalue weighted by Crippen LogP contribution is -2.37. The number of nitrogens with one attached hydrogen (secondary N) is 2. The van der Waals surface area contributed by atoms with Crippen LogP contribution >= 0.6 is 11.6 Å². The number of urea groups is 1. The number of benzene rings is 1. The number of rotatable bonds is 6. The highest BCUT2D eigenvalue weighted by Crippen LogP contribution is 2.18. The molecule has 0 spiro atoms. The van der Waals surface area contributed by atoms with Gasteiger partial charge in [0.15, 0.2) is 0 Å². The highest BCUT2D eigenvalue weighted by atomic mass is 35.5. The molecule has 4 heteroatoms. The van der Waals surface area contributed by atoms with Gasteiger partial charge in [-0.05, 0) is 49.8 Å². The van der Waals surface area contributed by atoms with Gasteiger partial charge >= 0.3 is 6.03 Å². The van der Waals surface area contributed by atoms with E-state index in [9.17, 15) is 4.79 Å². The SMILES string of the molecule is O=C(NCCCCc1cccc(Cl)c1)NC1CC1. The number of aryl methyl sites for hydroxylation is 1. The Hall–Kier alpha value is -1.22. The van der Waals surface area contributed by atoms with E-state index in [1.807, 2.05) is 18.2 Å². The molecule has 1 aliphatic rings. The van der Waals surface area contributed by atoms with E-state index in [4.69, 9.17) is 11.6 Å². The van der Waals surface area contributed by atoms with E-state index in [1.165, 1.54) is 5.56 Å². The second-order valence-corrected chi connectivity index (χ2v) is 5.20. The summed E-state index contributed by atoms with van der Waals surface area (Å²) in [6.07, 6.45) is 5.31. The molecule has 0 bridgehead atoms. The maximum atomic E-state index is 11.3. The van der Waals surface area contributed by atoms with Crippen LogP contribution in [0, 0.1) is 0 Å². The van der Waals surface area contributed by atoms with E-state index in [0.29, 0.717) is 6.04 Å². The lowest BCUT2D eigenvalue weighted by molar-refractivity contribution is 0.240. The van der Waals surface area contributed by atoms with E-state index in [-0.39, 0.29) is 6.03 Å². The highest BCUT2D eigenvalue weighted by molar-refractivity contribution is 6.30. The fourth-order valence-electron chi connectivity index (χ4n) is 1.81. The maximum absolute atomic E-state index is 11.3. The minimum Gasteiger partial charge on any atom is -0.338 e. The normalized spacial score (nSPS) is 14.3. The summed E-state index contributed by atoms with van der Waals surface area (Å²) in [7, 11) is 0. The molecule has 1 saturated carbocycles. The van der Waals surface area contributed by atoms with Crippen molar-refractivity contribution in [1.82, 2.24) is 10.6 Å². The number of unbranched alkanes of at least 4 members (excludes halogenated alkanes) is 1. The first-order valence-electron chi connectivity index (χ1n) is 6.53. The minimum absolute atomic E-state index is 0.0275. The van der Waals surface area contributed by atoms with Crippen molar-refractivity contribution >= 4 is 17.6 Å². The largest absolute Gasteiger partial charge is 0.338 e. The number of carbonyl (C=O) groups excluding carboxylic acids is 1. The average molecular weight is 267 g/mol. The molecule has 3 nitrogen and oxygen atoms in total. The first kappa shape index (κ1) is 13.2. The van der Waals surface area contributed by atoms with Gasteiger partial charge in [0.2, 0.25) is 0 Å². The van der Waals surface area contributed by atoms with Crippen molar-refractivity contribution in [3.63, 3.8) is 0 Å². The quantitative estimate of drug-likeness (QED) is 0.763. The van der Waals surface area contributed by atoms with Gasteiger partial charge in [0, 0.05) is 17.6 Å². The van der Waals surface area contributed by atoms with Gasteiger partial charge in [0.05, 0.1) is 0 Å². The van der Waals surface area contributed by atoms with E-state index in [0.717, 1.165) is 43.7 Å². The summed E-state index contributed by atoms with van der Waals surface area (Å²) >= 11 is 5.92. The Bertz CT molecular complexity index is 405. The van der Waals surface area contributed by atoms with Gasteiger partial charge in [-0.1, -0.05) is 23.7 Å². The third-order valence-electron chi connectivity index (χ3n) is 2.98. The molecule has 0 saturated heterocycles. The molecule has 0 heterocycles. The summed E-state index contributed by atoms with van der Waals surface area (Å²) in [6.45, 7) is 0.735. The molecule has 1 aromatic rings. The molecule has 0 unspecified atom stereocenters. The smallest absolute Gasteiger partial charge is 0.315 e. The molecule has 0 atom stereocenters. The van der Waals surface area contributed by atoms with Crippen LogP contribution in [0.25, 0.3) is 0 Å². The van der Waals surface area contributed by atoms with Gasteiger partial charge in [-0.15, -0.1) is 0 Å². The van der Waals surface area contributed by atoms with Gasteiger partial charge < -0.3 is 10.6 Å². The van der Waals surface area contributed by atoms with Gasteiger partial charge in [-0.25, -0.2) is 4.79 Å². The monoisotopic (exact) mass is 266 g/mol. The standard InChI is InChI=1S/C14H19ClN2O/c15-12-6-3-5-11(10-12)4-1-2-9-16-14(18)17-13-7-8-13/h3,5-6,10,13H,1-2,4,7-9H2,(H2,16,17,18). The Labute approximate surface area is 113 Å². The van der Waals surface area contributed by atoms with Crippen molar-refractivity contribution in [3.05, 3.63) is 34.9 Å². The Morgan fingerprint density at radius 2 is 2.17 bits per heavy atom. The van der Waals surface area contributed by atoms with E-state index in [1.54, 1.807) is 0 Å². The molecule has 18 heavy (non-hydrogen) atoms. The van der Waals surface area contributed by atoms with Crippen molar-refractivity contribution in [3.8, 4) is 0 Å². The summed E-state index contributed by atoms with van der Waals surface area (Å²) < 4.78 is 0. The van der Waals surface area contributed by atoms with Crippen LogP contribution in [-0.4, -0.2) is 18.6 Å². The molecule has 98 valence electrons. The number of amides is 2. The van der Waals surface area contributed by atoms with Crippen molar-refractivity contribution in [2.45, 2.75) is 38.1 Å². The van der Waals surface area contributed by atoms with E-state index < -0.39 is 0 Å². The second kappa shape index (κ2) is 6.64. The Morgan fingerprint density at radius 1 is 1.33 bits per heavy atom. The summed E-state index contributed by atoms with van der Waals surface area (Å²) in [5.41, 5.74) is 1.25. The molecule has 1 aliphatic carbocycles. The van der Waals surface area contributed by atoms with Gasteiger partial charge in [0.25, 0.3) is 0 Å². The second-order valence-electron chi connectivity index (χ2n) is 4.76. The average Bonchev–Trinajstić information content (AvgIpc) is 3.12. The summed E-state index contributed by atoms with van der Waals surface area (Å²) in [5.74, 6) is 0. The van der Waals surface area contributed by atoms with Gasteiger partial charge in [-0.2, -0.15) is 0 Å². The zero-order valence-electron chi connectivity index (χ0n) is 10.4. The summed E-state index contributed by atoms with van der Waals surface area (Å²) in [5, 5.41) is 6.56. The first-order chi connectivity index (χ1) is 8.74. The molecular formula is C14H19ClN2O. The highest BCUT2D eigenvalue weighted by Gasteiger charge is 2.22. The van der Waals surface area contributed by atoms with Crippen LogP contribution in [0.1, 0.15) is 31.2 Å². The Kier molecular flexibility index (Phi) is 4.88. The van der Waals surface area contributed by atoms with E-state index in [2.05, 4.69) is 16.7 Å². The third kappa shape index (κ3) is 4.96. The Morgan fingerprint density at radius 3 is 2.89 bits per heavy atom. The molecule has 2 N–H and O–H groups in total. The fourth-order valence-corrected chi connectivity index (χ4v) is 2.03. The molecule has 1 aromatic carbocycles. The lowest BCUT2D eigenvalue weighted by atomic mass is 10.1. The molecule has 0 aliphatic heterocycles. The maximum Gasteiger partial charge on any atom is 0.315 e. The predicted octanol–water partition coefficient (Wildman–Crippen LogP) is 3.12. The van der Waals surface area contributed by atoms with Crippen molar-refractivity contribution in [2.24, 2.45) is 0 Å². The summed E-state index contributed by atoms with van der Waals surface area (Å²) in [4.78, 5) is 11.3. The molecular weight excluding hydrogens is 248 g/mol. The van der Waals surface area contributed by atoms with Crippen LogP contribution in [0.4, 0.5) is 4.79 Å².